The monoisotopic (exact) mass is 292 g/mol. The van der Waals surface area contributed by atoms with Crippen molar-refractivity contribution in [2.75, 3.05) is 25.6 Å². The van der Waals surface area contributed by atoms with E-state index in [2.05, 4.69) is 31.4 Å². The van der Waals surface area contributed by atoms with Crippen LogP contribution in [0.5, 0.6) is 0 Å². The Hall–Kier alpha value is -1.55. The fourth-order valence-corrected chi connectivity index (χ4v) is 2.09. The number of nitrogens with one attached hydrogen (secondary N) is 2. The minimum atomic E-state index is -0.0455. The molecule has 0 aliphatic heterocycles. The van der Waals surface area contributed by atoms with Gasteiger partial charge in [0.15, 0.2) is 0 Å². The minimum Gasteiger partial charge on any atom is -0.385 e. The van der Waals surface area contributed by atoms with E-state index < -0.39 is 0 Å². The Kier molecular flexibility index (Phi) is 7.23. The molecule has 0 aliphatic rings. The van der Waals surface area contributed by atoms with Crippen molar-refractivity contribution >= 4 is 11.6 Å². The molecule has 118 valence electrons. The SMILES string of the molecule is CCCNc1ccc(C(=O)NC(COC)C(C)C)cc1C. The van der Waals surface area contributed by atoms with Gasteiger partial charge in [-0.2, -0.15) is 0 Å². The van der Waals surface area contributed by atoms with Gasteiger partial charge in [0.05, 0.1) is 12.6 Å². The van der Waals surface area contributed by atoms with Crippen molar-refractivity contribution in [2.45, 2.75) is 40.2 Å². The Bertz CT molecular complexity index is 458. The van der Waals surface area contributed by atoms with Crippen LogP contribution >= 0.6 is 0 Å². The molecule has 0 fully saturated rings. The number of hydrogen-bond donors (Lipinski definition) is 2. The summed E-state index contributed by atoms with van der Waals surface area (Å²) in [6.45, 7) is 9.77. The average molecular weight is 292 g/mol. The lowest BCUT2D eigenvalue weighted by Gasteiger charge is -2.21. The van der Waals surface area contributed by atoms with Crippen LogP contribution in [0.4, 0.5) is 5.69 Å². The molecule has 0 aromatic heterocycles. The van der Waals surface area contributed by atoms with E-state index in [1.807, 2.05) is 25.1 Å². The fourth-order valence-electron chi connectivity index (χ4n) is 2.09. The van der Waals surface area contributed by atoms with E-state index in [0.717, 1.165) is 24.2 Å². The van der Waals surface area contributed by atoms with Gasteiger partial charge in [0.1, 0.15) is 0 Å². The van der Waals surface area contributed by atoms with Crippen molar-refractivity contribution in [3.05, 3.63) is 29.3 Å². The van der Waals surface area contributed by atoms with Crippen molar-refractivity contribution in [1.29, 1.82) is 0 Å². The van der Waals surface area contributed by atoms with Crippen LogP contribution in [0.1, 0.15) is 43.1 Å². The van der Waals surface area contributed by atoms with Crippen LogP contribution in [-0.2, 0) is 4.74 Å². The maximum Gasteiger partial charge on any atom is 0.251 e. The summed E-state index contributed by atoms with van der Waals surface area (Å²) in [5.41, 5.74) is 2.87. The van der Waals surface area contributed by atoms with Gasteiger partial charge < -0.3 is 15.4 Å². The third-order valence-electron chi connectivity index (χ3n) is 3.52. The lowest BCUT2D eigenvalue weighted by Crippen LogP contribution is -2.41. The quantitative estimate of drug-likeness (QED) is 0.773. The molecule has 1 aromatic rings. The lowest BCUT2D eigenvalue weighted by atomic mass is 10.0. The fraction of sp³-hybridized carbons (Fsp3) is 0.588. The van der Waals surface area contributed by atoms with E-state index in [-0.39, 0.29) is 11.9 Å². The number of ether oxygens (including phenoxy) is 1. The number of carbonyl (C=O) groups excluding carboxylic acids is 1. The molecular weight excluding hydrogens is 264 g/mol. The molecule has 1 amide bonds. The predicted molar refractivity (Wildman–Crippen MR) is 87.9 cm³/mol. The predicted octanol–water partition coefficient (Wildman–Crippen LogP) is 3.22. The third-order valence-corrected chi connectivity index (χ3v) is 3.52. The highest BCUT2D eigenvalue weighted by molar-refractivity contribution is 5.95. The number of amides is 1. The highest BCUT2D eigenvalue weighted by Crippen LogP contribution is 2.17. The van der Waals surface area contributed by atoms with Crippen LogP contribution in [0.25, 0.3) is 0 Å². The van der Waals surface area contributed by atoms with E-state index in [9.17, 15) is 4.79 Å². The molecular formula is C17H28N2O2. The second-order valence-corrected chi connectivity index (χ2v) is 5.74. The Labute approximate surface area is 128 Å². The Morgan fingerprint density at radius 2 is 2.05 bits per heavy atom. The zero-order valence-electron chi connectivity index (χ0n) is 13.8. The standard InChI is InChI=1S/C17H28N2O2/c1-6-9-18-15-8-7-14(10-13(15)4)17(20)19-16(11-21-5)12(2)3/h7-8,10,12,16,18H,6,9,11H2,1-5H3,(H,19,20). The Morgan fingerprint density at radius 1 is 1.33 bits per heavy atom. The average Bonchev–Trinajstić information content (AvgIpc) is 2.45. The summed E-state index contributed by atoms with van der Waals surface area (Å²) in [7, 11) is 1.65. The number of methoxy groups -OCH3 is 1. The van der Waals surface area contributed by atoms with E-state index >= 15 is 0 Å². The first-order chi connectivity index (χ1) is 9.99. The summed E-state index contributed by atoms with van der Waals surface area (Å²) in [6.07, 6.45) is 1.08. The molecule has 0 saturated carbocycles. The van der Waals surface area contributed by atoms with Crippen molar-refractivity contribution < 1.29 is 9.53 Å². The van der Waals surface area contributed by atoms with E-state index in [0.29, 0.717) is 18.1 Å². The van der Waals surface area contributed by atoms with Crippen LogP contribution in [-0.4, -0.2) is 32.2 Å². The maximum absolute atomic E-state index is 12.3. The molecule has 0 bridgehead atoms. The molecule has 2 N–H and O–H groups in total. The molecule has 4 nitrogen and oxygen atoms in total. The third kappa shape index (κ3) is 5.38. The van der Waals surface area contributed by atoms with Gasteiger partial charge in [0, 0.05) is 24.9 Å². The van der Waals surface area contributed by atoms with Crippen molar-refractivity contribution in [1.82, 2.24) is 5.32 Å². The largest absolute Gasteiger partial charge is 0.385 e. The van der Waals surface area contributed by atoms with Gasteiger partial charge >= 0.3 is 0 Å². The normalized spacial score (nSPS) is 12.3. The van der Waals surface area contributed by atoms with Gasteiger partial charge in [-0.25, -0.2) is 0 Å². The molecule has 0 radical (unpaired) electrons. The number of rotatable bonds is 8. The molecule has 21 heavy (non-hydrogen) atoms. The first-order valence-electron chi connectivity index (χ1n) is 7.63. The highest BCUT2D eigenvalue weighted by atomic mass is 16.5. The van der Waals surface area contributed by atoms with Crippen LogP contribution < -0.4 is 10.6 Å². The smallest absolute Gasteiger partial charge is 0.251 e. The summed E-state index contributed by atoms with van der Waals surface area (Å²) in [5, 5.41) is 6.40. The molecule has 1 atom stereocenters. The van der Waals surface area contributed by atoms with Crippen LogP contribution in [0.3, 0.4) is 0 Å². The number of carbonyl (C=O) groups is 1. The van der Waals surface area contributed by atoms with Gasteiger partial charge in [-0.15, -0.1) is 0 Å². The molecule has 1 aromatic carbocycles. The Morgan fingerprint density at radius 3 is 2.57 bits per heavy atom. The molecule has 0 aliphatic carbocycles. The van der Waals surface area contributed by atoms with E-state index in [1.54, 1.807) is 7.11 Å². The number of anilines is 1. The Balaban J connectivity index is 2.76. The zero-order chi connectivity index (χ0) is 15.8. The van der Waals surface area contributed by atoms with Crippen LogP contribution in [0.2, 0.25) is 0 Å². The topological polar surface area (TPSA) is 50.4 Å². The summed E-state index contributed by atoms with van der Waals surface area (Å²) in [5.74, 6) is 0.288. The first-order valence-corrected chi connectivity index (χ1v) is 7.63. The summed E-state index contributed by atoms with van der Waals surface area (Å²) >= 11 is 0. The first kappa shape index (κ1) is 17.5. The second kappa shape index (κ2) is 8.67. The lowest BCUT2D eigenvalue weighted by molar-refractivity contribution is 0.0866. The number of aryl methyl sites for hydroxylation is 1. The van der Waals surface area contributed by atoms with Crippen LogP contribution in [0, 0.1) is 12.8 Å². The maximum atomic E-state index is 12.3. The van der Waals surface area contributed by atoms with Crippen molar-refractivity contribution in [2.24, 2.45) is 5.92 Å². The molecule has 4 heteroatoms. The summed E-state index contributed by atoms with van der Waals surface area (Å²) < 4.78 is 5.16. The second-order valence-electron chi connectivity index (χ2n) is 5.74. The molecule has 1 unspecified atom stereocenters. The van der Waals surface area contributed by atoms with Gasteiger partial charge in [-0.3, -0.25) is 4.79 Å². The van der Waals surface area contributed by atoms with Gasteiger partial charge in [-0.1, -0.05) is 20.8 Å². The van der Waals surface area contributed by atoms with E-state index in [1.165, 1.54) is 0 Å². The summed E-state index contributed by atoms with van der Waals surface area (Å²) in [4.78, 5) is 12.3. The van der Waals surface area contributed by atoms with Gasteiger partial charge in [0.2, 0.25) is 0 Å². The molecule has 1 rings (SSSR count). The molecule has 0 spiro atoms. The number of benzene rings is 1. The van der Waals surface area contributed by atoms with Gasteiger partial charge in [-0.05, 0) is 43.0 Å². The molecule has 0 heterocycles. The zero-order valence-corrected chi connectivity index (χ0v) is 13.8. The van der Waals surface area contributed by atoms with Crippen LogP contribution in [0.15, 0.2) is 18.2 Å². The highest BCUT2D eigenvalue weighted by Gasteiger charge is 2.17. The molecule has 0 saturated heterocycles. The van der Waals surface area contributed by atoms with Crippen molar-refractivity contribution in [3.8, 4) is 0 Å². The van der Waals surface area contributed by atoms with Crippen molar-refractivity contribution in [3.63, 3.8) is 0 Å². The van der Waals surface area contributed by atoms with E-state index in [4.69, 9.17) is 4.74 Å². The number of hydrogen-bond acceptors (Lipinski definition) is 3. The minimum absolute atomic E-state index is 0.0284. The van der Waals surface area contributed by atoms with Gasteiger partial charge in [0.25, 0.3) is 5.91 Å². The summed E-state index contributed by atoms with van der Waals surface area (Å²) in [6, 6.07) is 5.79.